The summed E-state index contributed by atoms with van der Waals surface area (Å²) in [6.07, 6.45) is 7.89. The van der Waals surface area contributed by atoms with E-state index in [1.54, 1.807) is 11.3 Å². The van der Waals surface area contributed by atoms with Crippen LogP contribution in [0.4, 0.5) is 0 Å². The van der Waals surface area contributed by atoms with Gasteiger partial charge in [-0.2, -0.15) is 0 Å². The Hall–Kier alpha value is -3.47. The Morgan fingerprint density at radius 2 is 1.31 bits per heavy atom. The largest absolute Gasteiger partial charge is 0.381 e. The molecule has 1 N–H and O–H groups in total. The van der Waals surface area contributed by atoms with E-state index in [4.69, 9.17) is 4.98 Å². The van der Waals surface area contributed by atoms with Crippen LogP contribution in [0.3, 0.4) is 0 Å². The number of hydrogen-bond acceptors (Lipinski definition) is 3. The minimum absolute atomic E-state index is 0.622. The molecule has 2 aromatic heterocycles. The van der Waals surface area contributed by atoms with E-state index in [1.807, 2.05) is 30.7 Å². The van der Waals surface area contributed by atoms with Crippen LogP contribution >= 0.6 is 11.3 Å². The van der Waals surface area contributed by atoms with Gasteiger partial charge in [-0.25, -0.2) is 4.98 Å². The molecule has 0 saturated carbocycles. The van der Waals surface area contributed by atoms with E-state index in [2.05, 4.69) is 83.4 Å². The minimum atomic E-state index is -0.730. The molecule has 1 aliphatic carbocycles. The molecule has 1 atom stereocenters. The molecule has 4 heteroatoms. The molecule has 0 amide bonds. The Morgan fingerprint density at radius 1 is 0.771 bits per heavy atom. The van der Waals surface area contributed by atoms with Crippen molar-refractivity contribution in [3.8, 4) is 0 Å². The summed E-state index contributed by atoms with van der Waals surface area (Å²) in [5.74, 6) is 0. The highest BCUT2D eigenvalue weighted by molar-refractivity contribution is 7.12. The van der Waals surface area contributed by atoms with Gasteiger partial charge in [-0.05, 0) is 54.0 Å². The Morgan fingerprint density at radius 3 is 1.86 bits per heavy atom. The summed E-state index contributed by atoms with van der Waals surface area (Å²) in [7, 11) is 0. The highest BCUT2D eigenvalue weighted by Crippen LogP contribution is 2.42. The molecule has 3 aromatic carbocycles. The first kappa shape index (κ1) is 22.0. The molecule has 5 aromatic rings. The molecule has 0 bridgehead atoms. The third-order valence-electron chi connectivity index (χ3n) is 7.13. The predicted molar refractivity (Wildman–Crippen MR) is 142 cm³/mol. The number of hydrogen-bond donors (Lipinski definition) is 1. The van der Waals surface area contributed by atoms with Gasteiger partial charge in [-0.15, -0.1) is 11.3 Å². The second-order valence-electron chi connectivity index (χ2n) is 9.22. The van der Waals surface area contributed by atoms with Crippen molar-refractivity contribution in [1.82, 2.24) is 9.55 Å². The van der Waals surface area contributed by atoms with Crippen molar-refractivity contribution in [3.63, 3.8) is 0 Å². The predicted octanol–water partition coefficient (Wildman–Crippen LogP) is 6.75. The molecule has 6 rings (SSSR count). The first-order chi connectivity index (χ1) is 17.3. The molecule has 2 heterocycles. The lowest BCUT2D eigenvalue weighted by Gasteiger charge is -2.37. The highest BCUT2D eigenvalue weighted by atomic mass is 32.1. The van der Waals surface area contributed by atoms with Crippen LogP contribution in [0.15, 0.2) is 110 Å². The molecule has 174 valence electrons. The zero-order valence-corrected chi connectivity index (χ0v) is 20.4. The van der Waals surface area contributed by atoms with E-state index in [1.165, 1.54) is 23.3 Å². The van der Waals surface area contributed by atoms with E-state index in [0.29, 0.717) is 5.69 Å². The number of thiophene rings is 1. The molecule has 0 aliphatic heterocycles. The van der Waals surface area contributed by atoms with Crippen LogP contribution in [0.5, 0.6) is 0 Å². The zero-order chi connectivity index (χ0) is 23.7. The monoisotopic (exact) mass is 476 g/mol. The van der Waals surface area contributed by atoms with Gasteiger partial charge in [-0.1, -0.05) is 91.0 Å². The fraction of sp³-hybridized carbons (Fsp3) is 0.194. The first-order valence-corrected chi connectivity index (χ1v) is 13.1. The normalized spacial score (nSPS) is 14.4. The van der Waals surface area contributed by atoms with Crippen molar-refractivity contribution in [2.24, 2.45) is 0 Å². The van der Waals surface area contributed by atoms with Crippen molar-refractivity contribution in [2.75, 3.05) is 0 Å². The van der Waals surface area contributed by atoms with Gasteiger partial charge >= 0.3 is 0 Å². The first-order valence-electron chi connectivity index (χ1n) is 12.3. The number of aromatic nitrogens is 2. The molecular weight excluding hydrogens is 448 g/mol. The van der Waals surface area contributed by atoms with Gasteiger partial charge in [-0.3, -0.25) is 0 Å². The van der Waals surface area contributed by atoms with Gasteiger partial charge in [0.05, 0.1) is 12.0 Å². The fourth-order valence-electron chi connectivity index (χ4n) is 5.44. The van der Waals surface area contributed by atoms with Crippen LogP contribution in [0.1, 0.15) is 56.6 Å². The van der Waals surface area contributed by atoms with Crippen molar-refractivity contribution < 1.29 is 5.11 Å². The number of rotatable bonds is 6. The third-order valence-corrected chi connectivity index (χ3v) is 8.42. The molecule has 3 nitrogen and oxygen atoms in total. The summed E-state index contributed by atoms with van der Waals surface area (Å²) >= 11 is 1.74. The summed E-state index contributed by atoms with van der Waals surface area (Å²) in [5, 5.41) is 11.4. The maximum absolute atomic E-state index is 11.4. The summed E-state index contributed by atoms with van der Waals surface area (Å²) in [6.45, 7) is 0. The summed E-state index contributed by atoms with van der Waals surface area (Å²) in [5.41, 5.74) is 4.88. The maximum atomic E-state index is 11.4. The summed E-state index contributed by atoms with van der Waals surface area (Å²) in [6, 6.07) is 33.9. The fourth-order valence-corrected chi connectivity index (χ4v) is 6.70. The van der Waals surface area contributed by atoms with E-state index in [9.17, 15) is 5.11 Å². The Balaban J connectivity index is 1.52. The van der Waals surface area contributed by atoms with Crippen molar-refractivity contribution in [2.45, 2.75) is 37.3 Å². The number of aliphatic hydroxyl groups is 1. The van der Waals surface area contributed by atoms with Gasteiger partial charge in [0.2, 0.25) is 0 Å². The zero-order valence-electron chi connectivity index (χ0n) is 19.5. The summed E-state index contributed by atoms with van der Waals surface area (Å²) < 4.78 is 2.17. The number of imidazole rings is 1. The lowest BCUT2D eigenvalue weighted by Crippen LogP contribution is -2.37. The van der Waals surface area contributed by atoms with Gasteiger partial charge < -0.3 is 9.67 Å². The molecular formula is C31H28N2OS. The van der Waals surface area contributed by atoms with Gasteiger partial charge in [0.25, 0.3) is 0 Å². The van der Waals surface area contributed by atoms with Gasteiger partial charge in [0.15, 0.2) is 0 Å². The number of benzene rings is 3. The van der Waals surface area contributed by atoms with Crippen LogP contribution in [0, 0.1) is 0 Å². The molecule has 0 spiro atoms. The van der Waals surface area contributed by atoms with E-state index >= 15 is 0 Å². The molecule has 1 aliphatic rings. The minimum Gasteiger partial charge on any atom is -0.381 e. The molecule has 0 fully saturated rings. The van der Waals surface area contributed by atoms with Crippen LogP contribution in [-0.2, 0) is 18.4 Å². The van der Waals surface area contributed by atoms with Crippen LogP contribution in [0.25, 0.3) is 0 Å². The van der Waals surface area contributed by atoms with Crippen molar-refractivity contribution >= 4 is 11.3 Å². The lowest BCUT2D eigenvalue weighted by atomic mass is 9.77. The van der Waals surface area contributed by atoms with Crippen LogP contribution < -0.4 is 0 Å². The lowest BCUT2D eigenvalue weighted by molar-refractivity contribution is 0.219. The number of aliphatic hydroxyl groups excluding tert-OH is 1. The smallest absolute Gasteiger partial charge is 0.132 e. The SMILES string of the molecule is OC(c1cn(C(c2ccccc2)(c2ccccc2)c2ccccc2)cn1)c1cc2c(s1)CCCC2. The highest BCUT2D eigenvalue weighted by Gasteiger charge is 2.38. The Labute approximate surface area is 210 Å². The van der Waals surface area contributed by atoms with E-state index in [-0.39, 0.29) is 0 Å². The van der Waals surface area contributed by atoms with Crippen LogP contribution in [0.2, 0.25) is 0 Å². The number of fused-ring (bicyclic) bond motifs is 1. The topological polar surface area (TPSA) is 38.0 Å². The Bertz CT molecular complexity index is 1290. The quantitative estimate of drug-likeness (QED) is 0.275. The molecule has 1 unspecified atom stereocenters. The van der Waals surface area contributed by atoms with Crippen LogP contribution in [-0.4, -0.2) is 14.7 Å². The average Bonchev–Trinajstić information content (AvgIpc) is 3.59. The van der Waals surface area contributed by atoms with Crippen molar-refractivity contribution in [1.29, 1.82) is 0 Å². The van der Waals surface area contributed by atoms with Gasteiger partial charge in [0, 0.05) is 16.0 Å². The van der Waals surface area contributed by atoms with Crippen molar-refractivity contribution in [3.05, 3.63) is 147 Å². The number of nitrogens with zero attached hydrogens (tertiary/aromatic N) is 2. The average molecular weight is 477 g/mol. The standard InChI is InChI=1S/C31H28N2OS/c34-30(29-20-23-12-10-11-19-28(23)35-29)27-21-33(22-32-27)31(24-13-4-1-5-14-24,25-15-6-2-7-16-25)26-17-8-3-9-18-26/h1-9,13-18,20-22,30,34H,10-12,19H2. The van der Waals surface area contributed by atoms with Gasteiger partial charge in [0.1, 0.15) is 11.6 Å². The Kier molecular flexibility index (Phi) is 5.85. The molecule has 0 saturated heterocycles. The molecule has 0 radical (unpaired) electrons. The second kappa shape index (κ2) is 9.29. The van der Waals surface area contributed by atoms with E-state index in [0.717, 1.165) is 34.4 Å². The summed E-state index contributed by atoms with van der Waals surface area (Å²) in [4.78, 5) is 7.18. The molecule has 35 heavy (non-hydrogen) atoms. The maximum Gasteiger partial charge on any atom is 0.132 e. The number of aryl methyl sites for hydroxylation is 2. The van der Waals surface area contributed by atoms with E-state index < -0.39 is 11.6 Å². The second-order valence-corrected chi connectivity index (χ2v) is 10.4. The third kappa shape index (κ3) is 3.83.